The third kappa shape index (κ3) is 3.04. The minimum Gasteiger partial charge on any atom is -0.324 e. The van der Waals surface area contributed by atoms with Gasteiger partial charge in [0.25, 0.3) is 5.56 Å². The van der Waals surface area contributed by atoms with E-state index in [0.29, 0.717) is 5.69 Å². The van der Waals surface area contributed by atoms with Gasteiger partial charge >= 0.3 is 0 Å². The molecule has 1 N–H and O–H groups in total. The molecule has 1 atom stereocenters. The van der Waals surface area contributed by atoms with Gasteiger partial charge in [0, 0.05) is 18.0 Å². The Morgan fingerprint density at radius 2 is 2.16 bits per heavy atom. The third-order valence-corrected chi connectivity index (χ3v) is 2.58. The first-order valence-electron chi connectivity index (χ1n) is 5.68. The predicted octanol–water partition coefficient (Wildman–Crippen LogP) is 1.58. The smallest absolute Gasteiger partial charge is 0.267 e. The van der Waals surface area contributed by atoms with Gasteiger partial charge in [-0.3, -0.25) is 9.59 Å². The second-order valence-electron chi connectivity index (χ2n) is 3.98. The highest BCUT2D eigenvalue weighted by atomic mass is 19.1. The highest BCUT2D eigenvalue weighted by molar-refractivity contribution is 5.93. The van der Waals surface area contributed by atoms with Gasteiger partial charge < -0.3 is 5.32 Å². The summed E-state index contributed by atoms with van der Waals surface area (Å²) in [5.74, 6) is -0.883. The fraction of sp³-hybridized carbons (Fsp3) is 0.154. The van der Waals surface area contributed by atoms with Gasteiger partial charge in [0.2, 0.25) is 5.91 Å². The number of hydrogen-bond donors (Lipinski definition) is 1. The second-order valence-corrected chi connectivity index (χ2v) is 3.98. The summed E-state index contributed by atoms with van der Waals surface area (Å²) in [6.45, 7) is 1.54. The minimum absolute atomic E-state index is 0.334. The van der Waals surface area contributed by atoms with Crippen LogP contribution in [0.2, 0.25) is 0 Å². The zero-order chi connectivity index (χ0) is 13.8. The van der Waals surface area contributed by atoms with Crippen LogP contribution in [-0.2, 0) is 4.79 Å². The van der Waals surface area contributed by atoms with E-state index in [2.05, 4.69) is 10.4 Å². The number of carbonyl (C=O) groups excluding carboxylic acids is 1. The first-order chi connectivity index (χ1) is 9.08. The van der Waals surface area contributed by atoms with Gasteiger partial charge in [-0.2, -0.15) is 5.10 Å². The molecule has 0 radical (unpaired) electrons. The molecular formula is C13H12FN3O2. The summed E-state index contributed by atoms with van der Waals surface area (Å²) in [6, 6.07) is 7.57. The number of nitrogens with one attached hydrogen (secondary N) is 1. The number of halogens is 1. The molecule has 5 nitrogen and oxygen atoms in total. The van der Waals surface area contributed by atoms with Crippen LogP contribution in [0.3, 0.4) is 0 Å². The molecule has 0 saturated heterocycles. The van der Waals surface area contributed by atoms with Crippen molar-refractivity contribution < 1.29 is 9.18 Å². The molecule has 19 heavy (non-hydrogen) atoms. The SMILES string of the molecule is CC(C(=O)Nc1cccc(F)c1)n1ncccc1=O. The average Bonchev–Trinajstić information content (AvgIpc) is 2.38. The van der Waals surface area contributed by atoms with E-state index in [-0.39, 0.29) is 5.56 Å². The lowest BCUT2D eigenvalue weighted by Crippen LogP contribution is -2.32. The number of amides is 1. The van der Waals surface area contributed by atoms with Gasteiger partial charge in [-0.05, 0) is 31.2 Å². The number of aromatic nitrogens is 2. The summed E-state index contributed by atoms with van der Waals surface area (Å²) >= 11 is 0. The highest BCUT2D eigenvalue weighted by Gasteiger charge is 2.16. The molecule has 1 unspecified atom stereocenters. The van der Waals surface area contributed by atoms with Gasteiger partial charge in [0.05, 0.1) is 0 Å². The van der Waals surface area contributed by atoms with E-state index >= 15 is 0 Å². The number of carbonyl (C=O) groups is 1. The summed E-state index contributed by atoms with van der Waals surface area (Å²) in [7, 11) is 0. The molecule has 2 rings (SSSR count). The predicted molar refractivity (Wildman–Crippen MR) is 68.2 cm³/mol. The van der Waals surface area contributed by atoms with Gasteiger partial charge in [0.1, 0.15) is 11.9 Å². The number of nitrogens with zero attached hydrogens (tertiary/aromatic N) is 2. The first kappa shape index (κ1) is 12.9. The van der Waals surface area contributed by atoms with Crippen LogP contribution in [0.4, 0.5) is 10.1 Å². The Kier molecular flexibility index (Phi) is 3.70. The lowest BCUT2D eigenvalue weighted by molar-refractivity contribution is -0.119. The summed E-state index contributed by atoms with van der Waals surface area (Å²) in [4.78, 5) is 23.5. The normalized spacial score (nSPS) is 11.9. The van der Waals surface area contributed by atoms with Crippen molar-refractivity contribution in [1.82, 2.24) is 9.78 Å². The largest absolute Gasteiger partial charge is 0.324 e. The molecular weight excluding hydrogens is 249 g/mol. The number of benzene rings is 1. The molecule has 0 aliphatic carbocycles. The lowest BCUT2D eigenvalue weighted by atomic mass is 10.2. The van der Waals surface area contributed by atoms with Crippen LogP contribution >= 0.6 is 0 Å². The molecule has 0 saturated carbocycles. The van der Waals surface area contributed by atoms with Gasteiger partial charge in [-0.25, -0.2) is 9.07 Å². The van der Waals surface area contributed by atoms with Crippen LogP contribution in [0.25, 0.3) is 0 Å². The number of anilines is 1. The summed E-state index contributed by atoms with van der Waals surface area (Å²) in [5, 5.41) is 6.36. The van der Waals surface area contributed by atoms with E-state index in [1.54, 1.807) is 13.0 Å². The molecule has 1 heterocycles. The van der Waals surface area contributed by atoms with Gasteiger partial charge in [0.15, 0.2) is 0 Å². The standard InChI is InChI=1S/C13H12FN3O2/c1-9(17-12(18)6-3-7-15-17)13(19)16-11-5-2-4-10(14)8-11/h2-9H,1H3,(H,16,19). The van der Waals surface area contributed by atoms with Crippen molar-refractivity contribution in [2.75, 3.05) is 5.32 Å². The van der Waals surface area contributed by atoms with Crippen molar-refractivity contribution in [2.45, 2.75) is 13.0 Å². The zero-order valence-electron chi connectivity index (χ0n) is 10.2. The van der Waals surface area contributed by atoms with E-state index in [1.807, 2.05) is 0 Å². The minimum atomic E-state index is -0.781. The second kappa shape index (κ2) is 5.43. The van der Waals surface area contributed by atoms with Gasteiger partial charge in [-0.1, -0.05) is 6.07 Å². The Morgan fingerprint density at radius 1 is 1.37 bits per heavy atom. The average molecular weight is 261 g/mol. The lowest BCUT2D eigenvalue weighted by Gasteiger charge is -2.13. The Hall–Kier alpha value is -2.50. The molecule has 1 amide bonds. The molecule has 6 heteroatoms. The summed E-state index contributed by atoms with van der Waals surface area (Å²) in [6.07, 6.45) is 1.42. The Balaban J connectivity index is 2.17. The van der Waals surface area contributed by atoms with E-state index in [0.717, 1.165) is 4.68 Å². The topological polar surface area (TPSA) is 64.0 Å². The van der Waals surface area contributed by atoms with Crippen molar-refractivity contribution >= 4 is 11.6 Å². The van der Waals surface area contributed by atoms with Crippen LogP contribution in [0, 0.1) is 5.82 Å². The summed E-state index contributed by atoms with van der Waals surface area (Å²) in [5.41, 5.74) is -0.0368. The Labute approximate surface area is 108 Å². The van der Waals surface area contributed by atoms with Crippen molar-refractivity contribution in [3.05, 3.63) is 58.8 Å². The van der Waals surface area contributed by atoms with Crippen LogP contribution in [0.1, 0.15) is 13.0 Å². The van der Waals surface area contributed by atoms with E-state index in [9.17, 15) is 14.0 Å². The maximum absolute atomic E-state index is 13.0. The van der Waals surface area contributed by atoms with Crippen LogP contribution in [-0.4, -0.2) is 15.7 Å². The number of rotatable bonds is 3. The molecule has 2 aromatic rings. The molecule has 0 fully saturated rings. The Bertz CT molecular complexity index is 654. The van der Waals surface area contributed by atoms with Crippen LogP contribution < -0.4 is 10.9 Å². The van der Waals surface area contributed by atoms with Crippen LogP contribution in [0.15, 0.2) is 47.4 Å². The fourth-order valence-electron chi connectivity index (χ4n) is 1.58. The molecule has 1 aromatic heterocycles. The molecule has 0 bridgehead atoms. The quantitative estimate of drug-likeness (QED) is 0.912. The third-order valence-electron chi connectivity index (χ3n) is 2.58. The Morgan fingerprint density at radius 3 is 2.84 bits per heavy atom. The molecule has 0 aliphatic heterocycles. The maximum Gasteiger partial charge on any atom is 0.267 e. The fourth-order valence-corrected chi connectivity index (χ4v) is 1.58. The monoisotopic (exact) mass is 261 g/mol. The molecule has 0 spiro atoms. The molecule has 98 valence electrons. The van der Waals surface area contributed by atoms with Crippen LogP contribution in [0.5, 0.6) is 0 Å². The van der Waals surface area contributed by atoms with Crippen molar-refractivity contribution in [3.63, 3.8) is 0 Å². The molecule has 1 aromatic carbocycles. The van der Waals surface area contributed by atoms with E-state index in [1.165, 1.54) is 36.5 Å². The van der Waals surface area contributed by atoms with E-state index < -0.39 is 17.8 Å². The molecule has 0 aliphatic rings. The zero-order valence-corrected chi connectivity index (χ0v) is 10.2. The van der Waals surface area contributed by atoms with Crippen molar-refractivity contribution in [1.29, 1.82) is 0 Å². The highest BCUT2D eigenvalue weighted by Crippen LogP contribution is 2.11. The van der Waals surface area contributed by atoms with Crippen molar-refractivity contribution in [2.24, 2.45) is 0 Å². The summed E-state index contributed by atoms with van der Waals surface area (Å²) < 4.78 is 14.1. The van der Waals surface area contributed by atoms with E-state index in [4.69, 9.17) is 0 Å². The first-order valence-corrected chi connectivity index (χ1v) is 5.68. The van der Waals surface area contributed by atoms with Gasteiger partial charge in [-0.15, -0.1) is 0 Å². The number of hydrogen-bond acceptors (Lipinski definition) is 3. The van der Waals surface area contributed by atoms with Crippen molar-refractivity contribution in [3.8, 4) is 0 Å². The maximum atomic E-state index is 13.0.